The van der Waals surface area contributed by atoms with Crippen molar-refractivity contribution in [1.82, 2.24) is 14.3 Å². The lowest BCUT2D eigenvalue weighted by molar-refractivity contribution is 0.0323. The van der Waals surface area contributed by atoms with E-state index in [1.807, 2.05) is 53.2 Å². The molecule has 6 heteroatoms. The number of hydrogen-bond acceptors (Lipinski definition) is 5. The lowest BCUT2D eigenvalue weighted by Crippen LogP contribution is -2.38. The Labute approximate surface area is 146 Å². The minimum absolute atomic E-state index is 0.643. The van der Waals surface area contributed by atoms with Crippen LogP contribution in [0.4, 0.5) is 5.69 Å². The van der Waals surface area contributed by atoms with Gasteiger partial charge in [0.15, 0.2) is 11.4 Å². The number of morpholine rings is 1. The molecule has 1 aliphatic rings. The summed E-state index contributed by atoms with van der Waals surface area (Å²) in [6.07, 6.45) is 3.99. The second-order valence-electron chi connectivity index (χ2n) is 6.15. The van der Waals surface area contributed by atoms with Crippen LogP contribution < -0.4 is 10.5 Å². The molecule has 0 saturated carbocycles. The van der Waals surface area contributed by atoms with Crippen molar-refractivity contribution in [3.8, 4) is 17.0 Å². The van der Waals surface area contributed by atoms with Gasteiger partial charge in [-0.15, -0.1) is 0 Å². The van der Waals surface area contributed by atoms with E-state index in [4.69, 9.17) is 20.2 Å². The number of fused-ring (bicyclic) bond motifs is 1. The molecule has 130 valence electrons. The topological polar surface area (TPSA) is 65.0 Å². The fraction of sp³-hybridized carbons (Fsp3) is 0.316. The number of nitrogen functional groups attached to an aromatic ring is 1. The number of rotatable bonds is 5. The molecule has 1 aliphatic heterocycles. The van der Waals surface area contributed by atoms with Gasteiger partial charge < -0.3 is 19.6 Å². The van der Waals surface area contributed by atoms with Gasteiger partial charge >= 0.3 is 0 Å². The first-order valence-electron chi connectivity index (χ1n) is 8.56. The Kier molecular flexibility index (Phi) is 4.54. The fourth-order valence-electron chi connectivity index (χ4n) is 3.00. The number of hydrogen-bond donors (Lipinski definition) is 1. The van der Waals surface area contributed by atoms with E-state index in [9.17, 15) is 0 Å². The zero-order valence-electron chi connectivity index (χ0n) is 14.1. The summed E-state index contributed by atoms with van der Waals surface area (Å²) in [6, 6.07) is 11.7. The predicted molar refractivity (Wildman–Crippen MR) is 97.8 cm³/mol. The molecule has 0 bridgehead atoms. The molecule has 0 aliphatic carbocycles. The smallest absolute Gasteiger partial charge is 0.180 e. The number of benzene rings is 1. The zero-order valence-corrected chi connectivity index (χ0v) is 14.1. The third kappa shape index (κ3) is 3.60. The normalized spacial score (nSPS) is 15.5. The molecule has 1 saturated heterocycles. The van der Waals surface area contributed by atoms with E-state index in [-0.39, 0.29) is 0 Å². The first-order valence-corrected chi connectivity index (χ1v) is 8.56. The summed E-state index contributed by atoms with van der Waals surface area (Å²) in [7, 11) is 0. The molecular formula is C19H22N4O2. The van der Waals surface area contributed by atoms with E-state index in [2.05, 4.69) is 4.90 Å². The molecule has 0 amide bonds. The highest BCUT2D eigenvalue weighted by Gasteiger charge is 2.12. The van der Waals surface area contributed by atoms with Crippen molar-refractivity contribution in [3.63, 3.8) is 0 Å². The minimum Gasteiger partial charge on any atom is -0.488 e. The highest BCUT2D eigenvalue weighted by molar-refractivity contribution is 5.67. The molecular weight excluding hydrogens is 316 g/mol. The van der Waals surface area contributed by atoms with E-state index in [1.54, 1.807) is 0 Å². The lowest BCUT2D eigenvalue weighted by atomic mass is 10.1. The van der Waals surface area contributed by atoms with Crippen molar-refractivity contribution >= 4 is 11.3 Å². The Balaban J connectivity index is 1.50. The first kappa shape index (κ1) is 15.9. The average molecular weight is 338 g/mol. The second kappa shape index (κ2) is 7.13. The summed E-state index contributed by atoms with van der Waals surface area (Å²) < 4.78 is 13.4. The third-order valence-corrected chi connectivity index (χ3v) is 4.42. The maximum absolute atomic E-state index is 6.00. The maximum atomic E-state index is 6.00. The standard InChI is InChI=1S/C19H22N4O2/c20-16-5-3-15(4-6-16)17-14-23-7-1-2-18(19(23)21-17)25-13-10-22-8-11-24-12-9-22/h1-7,14H,8-13,20H2. The summed E-state index contributed by atoms with van der Waals surface area (Å²) in [5, 5.41) is 0. The molecule has 3 heterocycles. The van der Waals surface area contributed by atoms with Crippen LogP contribution >= 0.6 is 0 Å². The predicted octanol–water partition coefficient (Wildman–Crippen LogP) is 2.29. The van der Waals surface area contributed by atoms with E-state index in [0.29, 0.717) is 6.61 Å². The van der Waals surface area contributed by atoms with Gasteiger partial charge in [0, 0.05) is 43.3 Å². The van der Waals surface area contributed by atoms with Crippen LogP contribution in [-0.2, 0) is 4.74 Å². The van der Waals surface area contributed by atoms with Gasteiger partial charge in [-0.2, -0.15) is 0 Å². The number of nitrogens with two attached hydrogens (primary N) is 1. The number of anilines is 1. The molecule has 0 unspecified atom stereocenters. The van der Waals surface area contributed by atoms with E-state index in [1.165, 1.54) is 0 Å². The summed E-state index contributed by atoms with van der Waals surface area (Å²) in [5.74, 6) is 0.803. The van der Waals surface area contributed by atoms with Gasteiger partial charge in [-0.3, -0.25) is 4.90 Å². The summed E-state index contributed by atoms with van der Waals surface area (Å²) in [6.45, 7) is 5.09. The van der Waals surface area contributed by atoms with Gasteiger partial charge in [0.2, 0.25) is 0 Å². The summed E-state index contributed by atoms with van der Waals surface area (Å²) >= 11 is 0. The quantitative estimate of drug-likeness (QED) is 0.723. The second-order valence-corrected chi connectivity index (χ2v) is 6.15. The molecule has 4 rings (SSSR count). The van der Waals surface area contributed by atoms with Crippen LogP contribution in [0.1, 0.15) is 0 Å². The van der Waals surface area contributed by atoms with E-state index < -0.39 is 0 Å². The van der Waals surface area contributed by atoms with Gasteiger partial charge in [0.25, 0.3) is 0 Å². The number of aromatic nitrogens is 2. The van der Waals surface area contributed by atoms with Gasteiger partial charge in [0.1, 0.15) is 6.61 Å². The molecule has 1 fully saturated rings. The molecule has 6 nitrogen and oxygen atoms in total. The minimum atomic E-state index is 0.643. The molecule has 25 heavy (non-hydrogen) atoms. The molecule has 3 aromatic rings. The largest absolute Gasteiger partial charge is 0.488 e. The number of nitrogens with zero attached hydrogens (tertiary/aromatic N) is 3. The van der Waals surface area contributed by atoms with Crippen LogP contribution in [0.15, 0.2) is 48.8 Å². The van der Waals surface area contributed by atoms with Crippen LogP contribution in [0, 0.1) is 0 Å². The Morgan fingerprint density at radius 1 is 1.12 bits per heavy atom. The molecule has 2 aromatic heterocycles. The maximum Gasteiger partial charge on any atom is 0.180 e. The number of pyridine rings is 1. The molecule has 0 spiro atoms. The van der Waals surface area contributed by atoms with Crippen LogP contribution in [-0.4, -0.2) is 53.7 Å². The molecule has 0 radical (unpaired) electrons. The van der Waals surface area contributed by atoms with Crippen LogP contribution in [0.3, 0.4) is 0 Å². The van der Waals surface area contributed by atoms with Crippen molar-refractivity contribution in [2.75, 3.05) is 45.2 Å². The highest BCUT2D eigenvalue weighted by Crippen LogP contribution is 2.25. The fourth-order valence-corrected chi connectivity index (χ4v) is 3.00. The number of imidazole rings is 1. The van der Waals surface area contributed by atoms with Crippen molar-refractivity contribution in [3.05, 3.63) is 48.8 Å². The Morgan fingerprint density at radius 2 is 1.92 bits per heavy atom. The van der Waals surface area contributed by atoms with Crippen molar-refractivity contribution in [1.29, 1.82) is 0 Å². The summed E-state index contributed by atoms with van der Waals surface area (Å²) in [4.78, 5) is 7.10. The van der Waals surface area contributed by atoms with Crippen LogP contribution in [0.5, 0.6) is 5.75 Å². The lowest BCUT2D eigenvalue weighted by Gasteiger charge is -2.26. The first-order chi connectivity index (χ1) is 12.3. The molecule has 2 N–H and O–H groups in total. The van der Waals surface area contributed by atoms with Gasteiger partial charge in [-0.25, -0.2) is 4.98 Å². The SMILES string of the molecule is Nc1ccc(-c2cn3cccc(OCCN4CCOCC4)c3n2)cc1. The Bertz CT molecular complexity index is 838. The number of ether oxygens (including phenoxy) is 2. The zero-order chi connectivity index (χ0) is 17.1. The summed E-state index contributed by atoms with van der Waals surface area (Å²) in [5.41, 5.74) is 9.29. The van der Waals surface area contributed by atoms with Crippen LogP contribution in [0.25, 0.3) is 16.9 Å². The average Bonchev–Trinajstić information content (AvgIpc) is 3.08. The third-order valence-electron chi connectivity index (χ3n) is 4.42. The van der Waals surface area contributed by atoms with E-state index in [0.717, 1.165) is 61.2 Å². The van der Waals surface area contributed by atoms with Crippen molar-refractivity contribution in [2.45, 2.75) is 0 Å². The van der Waals surface area contributed by atoms with Gasteiger partial charge in [0.05, 0.1) is 18.9 Å². The van der Waals surface area contributed by atoms with E-state index >= 15 is 0 Å². The van der Waals surface area contributed by atoms with Crippen LogP contribution in [0.2, 0.25) is 0 Å². The van der Waals surface area contributed by atoms with Gasteiger partial charge in [-0.05, 0) is 24.3 Å². The van der Waals surface area contributed by atoms with Crippen molar-refractivity contribution < 1.29 is 9.47 Å². The monoisotopic (exact) mass is 338 g/mol. The van der Waals surface area contributed by atoms with Gasteiger partial charge in [-0.1, -0.05) is 12.1 Å². The Hall–Kier alpha value is -2.57. The van der Waals surface area contributed by atoms with Crippen molar-refractivity contribution in [2.24, 2.45) is 0 Å². The highest BCUT2D eigenvalue weighted by atomic mass is 16.5. The molecule has 1 aromatic carbocycles. The Morgan fingerprint density at radius 3 is 2.72 bits per heavy atom. The molecule has 0 atom stereocenters.